The van der Waals surface area contributed by atoms with Crippen LogP contribution < -0.4 is 15.2 Å². The minimum Gasteiger partial charge on any atom is -0.493 e. The van der Waals surface area contributed by atoms with E-state index in [1.54, 1.807) is 18.2 Å². The molecule has 0 aliphatic carbocycles. The summed E-state index contributed by atoms with van der Waals surface area (Å²) in [5.41, 5.74) is 7.50. The Bertz CT molecular complexity index is 734. The average Bonchev–Trinajstić information content (AvgIpc) is 2.54. The van der Waals surface area contributed by atoms with E-state index in [4.69, 9.17) is 15.2 Å². The van der Waals surface area contributed by atoms with Gasteiger partial charge in [0.2, 0.25) is 0 Å². The van der Waals surface area contributed by atoms with E-state index in [1.165, 1.54) is 12.1 Å². The monoisotopic (exact) mass is 335 g/mol. The van der Waals surface area contributed by atoms with Crippen molar-refractivity contribution in [2.45, 2.75) is 19.1 Å². The van der Waals surface area contributed by atoms with E-state index in [9.17, 15) is 13.6 Å². The van der Waals surface area contributed by atoms with E-state index >= 15 is 0 Å². The van der Waals surface area contributed by atoms with Gasteiger partial charge in [-0.1, -0.05) is 24.3 Å². The Labute approximate surface area is 136 Å². The SMILES string of the molecule is NC(=O)OC1CCOc2cc(-c3ccc(OC(F)F)cc3)ccc21. The first kappa shape index (κ1) is 16.0. The van der Waals surface area contributed by atoms with E-state index in [2.05, 4.69) is 4.74 Å². The summed E-state index contributed by atoms with van der Waals surface area (Å²) in [5, 5.41) is 0. The number of ether oxygens (including phenoxy) is 3. The standard InChI is InChI=1S/C17H15F2NO4/c18-16(19)23-12-4-1-10(2-5-12)11-3-6-13-14(24-17(20)21)7-8-22-15(13)9-11/h1-6,9,14,16H,7-8H2,(H2,20,21). The fraction of sp³-hybridized carbons (Fsp3) is 0.235. The van der Waals surface area contributed by atoms with Crippen LogP contribution in [0.5, 0.6) is 11.5 Å². The number of carbonyl (C=O) groups is 1. The van der Waals surface area contributed by atoms with Gasteiger partial charge in [0.15, 0.2) is 0 Å². The lowest BCUT2D eigenvalue weighted by Gasteiger charge is -2.25. The molecule has 1 atom stereocenters. The second kappa shape index (κ2) is 6.74. The number of hydrogen-bond acceptors (Lipinski definition) is 4. The molecule has 0 radical (unpaired) electrons. The number of hydrogen-bond donors (Lipinski definition) is 1. The largest absolute Gasteiger partial charge is 0.493 e. The van der Waals surface area contributed by atoms with Gasteiger partial charge in [-0.25, -0.2) is 4.79 Å². The molecular formula is C17H15F2NO4. The van der Waals surface area contributed by atoms with Crippen LogP contribution >= 0.6 is 0 Å². The summed E-state index contributed by atoms with van der Waals surface area (Å²) in [7, 11) is 0. The quantitative estimate of drug-likeness (QED) is 0.920. The lowest BCUT2D eigenvalue weighted by atomic mass is 9.98. The zero-order valence-electron chi connectivity index (χ0n) is 12.6. The van der Waals surface area contributed by atoms with Crippen molar-refractivity contribution in [1.82, 2.24) is 0 Å². The normalized spacial score (nSPS) is 16.2. The van der Waals surface area contributed by atoms with Gasteiger partial charge in [0.05, 0.1) is 6.61 Å². The number of halogens is 2. The van der Waals surface area contributed by atoms with Gasteiger partial charge in [0.25, 0.3) is 0 Å². The van der Waals surface area contributed by atoms with Gasteiger partial charge in [-0.15, -0.1) is 0 Å². The molecule has 0 aromatic heterocycles. The Balaban J connectivity index is 1.84. The third-order valence-corrected chi connectivity index (χ3v) is 3.67. The summed E-state index contributed by atoms with van der Waals surface area (Å²) < 4.78 is 39.4. The molecule has 7 heteroatoms. The Morgan fingerprint density at radius 3 is 2.54 bits per heavy atom. The van der Waals surface area contributed by atoms with Crippen LogP contribution in [-0.2, 0) is 4.74 Å². The van der Waals surface area contributed by atoms with Crippen LogP contribution in [-0.4, -0.2) is 19.3 Å². The van der Waals surface area contributed by atoms with E-state index in [0.717, 1.165) is 16.7 Å². The van der Waals surface area contributed by atoms with Gasteiger partial charge in [0.1, 0.15) is 17.6 Å². The van der Waals surface area contributed by atoms with Crippen molar-refractivity contribution in [2.24, 2.45) is 5.73 Å². The number of benzene rings is 2. The number of rotatable bonds is 4. The minimum atomic E-state index is -2.85. The van der Waals surface area contributed by atoms with Crippen LogP contribution in [0.15, 0.2) is 42.5 Å². The third-order valence-electron chi connectivity index (χ3n) is 3.67. The van der Waals surface area contributed by atoms with E-state index < -0.39 is 18.8 Å². The molecular weight excluding hydrogens is 320 g/mol. The Kier molecular flexibility index (Phi) is 4.50. The lowest BCUT2D eigenvalue weighted by molar-refractivity contribution is -0.0498. The zero-order valence-corrected chi connectivity index (χ0v) is 12.6. The molecule has 0 bridgehead atoms. The fourth-order valence-electron chi connectivity index (χ4n) is 2.63. The van der Waals surface area contributed by atoms with Crippen molar-refractivity contribution < 1.29 is 27.8 Å². The summed E-state index contributed by atoms with van der Waals surface area (Å²) in [4.78, 5) is 11.0. The molecule has 0 saturated heterocycles. The molecule has 1 heterocycles. The number of nitrogens with two attached hydrogens (primary N) is 1. The van der Waals surface area contributed by atoms with Gasteiger partial charge in [0, 0.05) is 12.0 Å². The average molecular weight is 335 g/mol. The van der Waals surface area contributed by atoms with Crippen molar-refractivity contribution in [1.29, 1.82) is 0 Å². The topological polar surface area (TPSA) is 70.8 Å². The highest BCUT2D eigenvalue weighted by atomic mass is 19.3. The van der Waals surface area contributed by atoms with Crippen molar-refractivity contribution in [3.8, 4) is 22.6 Å². The molecule has 0 saturated carbocycles. The highest BCUT2D eigenvalue weighted by Gasteiger charge is 2.24. The van der Waals surface area contributed by atoms with Crippen LogP contribution in [0.3, 0.4) is 0 Å². The van der Waals surface area contributed by atoms with Gasteiger partial charge in [-0.3, -0.25) is 0 Å². The van der Waals surface area contributed by atoms with Gasteiger partial charge >= 0.3 is 12.7 Å². The van der Waals surface area contributed by atoms with Crippen molar-refractivity contribution in [2.75, 3.05) is 6.61 Å². The van der Waals surface area contributed by atoms with Crippen LogP contribution in [0.25, 0.3) is 11.1 Å². The third kappa shape index (κ3) is 3.56. The highest BCUT2D eigenvalue weighted by Crippen LogP contribution is 2.37. The molecule has 1 unspecified atom stereocenters. The molecule has 1 aliphatic heterocycles. The minimum absolute atomic E-state index is 0.0953. The van der Waals surface area contributed by atoms with Gasteiger partial charge < -0.3 is 19.9 Å². The molecule has 3 rings (SSSR count). The summed E-state index contributed by atoms with van der Waals surface area (Å²) >= 11 is 0. The first-order chi connectivity index (χ1) is 11.5. The van der Waals surface area contributed by atoms with Crippen molar-refractivity contribution in [3.05, 3.63) is 48.0 Å². The van der Waals surface area contributed by atoms with Crippen LogP contribution in [0, 0.1) is 0 Å². The van der Waals surface area contributed by atoms with E-state index in [1.807, 2.05) is 12.1 Å². The fourth-order valence-corrected chi connectivity index (χ4v) is 2.63. The molecule has 126 valence electrons. The lowest BCUT2D eigenvalue weighted by Crippen LogP contribution is -2.22. The molecule has 0 fully saturated rings. The first-order valence-corrected chi connectivity index (χ1v) is 7.31. The predicted octanol–water partition coefficient (Wildman–Crippen LogP) is 3.87. The number of alkyl halides is 2. The molecule has 24 heavy (non-hydrogen) atoms. The van der Waals surface area contributed by atoms with Crippen molar-refractivity contribution >= 4 is 6.09 Å². The molecule has 1 amide bonds. The molecule has 1 aliphatic rings. The Morgan fingerprint density at radius 1 is 1.17 bits per heavy atom. The molecule has 0 spiro atoms. The summed E-state index contributed by atoms with van der Waals surface area (Å²) in [6.07, 6.45) is -0.719. The second-order valence-electron chi connectivity index (χ2n) is 5.22. The van der Waals surface area contributed by atoms with Crippen LogP contribution in [0.2, 0.25) is 0 Å². The van der Waals surface area contributed by atoms with E-state index in [-0.39, 0.29) is 5.75 Å². The molecule has 2 N–H and O–H groups in total. The van der Waals surface area contributed by atoms with Gasteiger partial charge in [-0.2, -0.15) is 8.78 Å². The first-order valence-electron chi connectivity index (χ1n) is 7.31. The maximum atomic E-state index is 12.2. The highest BCUT2D eigenvalue weighted by molar-refractivity contribution is 5.68. The smallest absolute Gasteiger partial charge is 0.405 e. The maximum Gasteiger partial charge on any atom is 0.405 e. The number of fused-ring (bicyclic) bond motifs is 1. The van der Waals surface area contributed by atoms with Gasteiger partial charge in [-0.05, 0) is 29.3 Å². The molecule has 5 nitrogen and oxygen atoms in total. The van der Waals surface area contributed by atoms with Crippen LogP contribution in [0.1, 0.15) is 18.1 Å². The maximum absolute atomic E-state index is 12.2. The number of primary amides is 1. The Morgan fingerprint density at radius 2 is 1.88 bits per heavy atom. The zero-order chi connectivity index (χ0) is 17.1. The summed E-state index contributed by atoms with van der Waals surface area (Å²) in [6.45, 7) is -2.44. The molecule has 2 aromatic rings. The predicted molar refractivity (Wildman–Crippen MR) is 82.0 cm³/mol. The van der Waals surface area contributed by atoms with Crippen molar-refractivity contribution in [3.63, 3.8) is 0 Å². The summed E-state index contributed by atoms with van der Waals surface area (Å²) in [6, 6.07) is 11.8. The second-order valence-corrected chi connectivity index (χ2v) is 5.22. The van der Waals surface area contributed by atoms with Crippen LogP contribution in [0.4, 0.5) is 13.6 Å². The number of amides is 1. The summed E-state index contributed by atoms with van der Waals surface area (Å²) in [5.74, 6) is 0.704. The Hall–Kier alpha value is -2.83. The number of carbonyl (C=O) groups excluding carboxylic acids is 1. The van der Waals surface area contributed by atoms with E-state index in [0.29, 0.717) is 18.8 Å². The molecule has 2 aromatic carbocycles.